The van der Waals surface area contributed by atoms with Gasteiger partial charge >= 0.3 is 0 Å². The lowest BCUT2D eigenvalue weighted by atomic mass is 10.1. The molecule has 1 aliphatic rings. The molecule has 0 radical (unpaired) electrons. The van der Waals surface area contributed by atoms with Crippen molar-refractivity contribution in [2.24, 2.45) is 0 Å². The number of aryl methyl sites for hydroxylation is 3. The number of carbonyl (C=O) groups is 1. The fourth-order valence-corrected chi connectivity index (χ4v) is 4.79. The van der Waals surface area contributed by atoms with Crippen LogP contribution in [0.5, 0.6) is 0 Å². The average Bonchev–Trinajstić information content (AvgIpc) is 3.33. The van der Waals surface area contributed by atoms with Gasteiger partial charge in [-0.15, -0.1) is 0 Å². The lowest BCUT2D eigenvalue weighted by molar-refractivity contribution is -0.116. The van der Waals surface area contributed by atoms with Crippen LogP contribution in [0.4, 0.5) is 5.69 Å². The van der Waals surface area contributed by atoms with Crippen molar-refractivity contribution < 1.29 is 13.2 Å². The van der Waals surface area contributed by atoms with Crippen molar-refractivity contribution in [2.75, 3.05) is 5.32 Å². The van der Waals surface area contributed by atoms with Crippen molar-refractivity contribution in [1.29, 1.82) is 0 Å². The quantitative estimate of drug-likeness (QED) is 0.923. The molecule has 0 atom stereocenters. The van der Waals surface area contributed by atoms with Crippen LogP contribution in [0.2, 0.25) is 0 Å². The van der Waals surface area contributed by atoms with Gasteiger partial charge in [0.1, 0.15) is 0 Å². The zero-order chi connectivity index (χ0) is 17.5. The fourth-order valence-electron chi connectivity index (χ4n) is 2.91. The highest BCUT2D eigenvalue weighted by molar-refractivity contribution is 7.94. The first-order valence-corrected chi connectivity index (χ1v) is 9.45. The summed E-state index contributed by atoms with van der Waals surface area (Å²) in [6.45, 7) is 5.70. The summed E-state index contributed by atoms with van der Waals surface area (Å²) < 4.78 is 24.6. The van der Waals surface area contributed by atoms with E-state index >= 15 is 0 Å². The first-order chi connectivity index (χ1) is 11.3. The summed E-state index contributed by atoms with van der Waals surface area (Å²) in [5.41, 5.74) is 3.53. The van der Waals surface area contributed by atoms with Gasteiger partial charge in [-0.2, -0.15) is 0 Å². The van der Waals surface area contributed by atoms with E-state index in [9.17, 15) is 13.2 Å². The maximum absolute atomic E-state index is 13.0. The van der Waals surface area contributed by atoms with Gasteiger partial charge in [0.25, 0.3) is 0 Å². The largest absolute Gasteiger partial charge is 0.324 e. The van der Waals surface area contributed by atoms with Crippen LogP contribution < -0.4 is 5.32 Å². The monoisotopic (exact) mass is 343 g/mol. The van der Waals surface area contributed by atoms with Crippen molar-refractivity contribution in [3.8, 4) is 0 Å². The number of hydrogen-bond donors (Lipinski definition) is 1. The van der Waals surface area contributed by atoms with E-state index in [2.05, 4.69) is 5.32 Å². The molecule has 126 valence electrons. The third-order valence-electron chi connectivity index (χ3n) is 4.68. The Morgan fingerprint density at radius 3 is 2.00 bits per heavy atom. The Hall–Kier alpha value is -2.14. The Labute approximate surface area is 142 Å². The minimum Gasteiger partial charge on any atom is -0.324 e. The van der Waals surface area contributed by atoms with Gasteiger partial charge in [0.05, 0.1) is 4.90 Å². The Morgan fingerprint density at radius 2 is 1.50 bits per heavy atom. The standard InChI is InChI=1S/C19H21NO3S/c1-13-7-9-16(10-8-13)24(22,23)19(11-12-19)18(21)20-17-14(2)5-4-6-15(17)3/h4-10H,11-12H2,1-3H3,(H,20,21). The molecular weight excluding hydrogens is 322 g/mol. The molecule has 0 aromatic heterocycles. The predicted molar refractivity (Wildman–Crippen MR) is 94.9 cm³/mol. The van der Waals surface area contributed by atoms with E-state index in [1.807, 2.05) is 39.0 Å². The number of amides is 1. The molecule has 1 fully saturated rings. The molecule has 2 aromatic carbocycles. The summed E-state index contributed by atoms with van der Waals surface area (Å²) in [6, 6.07) is 12.4. The number of nitrogens with one attached hydrogen (secondary N) is 1. The highest BCUT2D eigenvalue weighted by atomic mass is 32.2. The third-order valence-corrected chi connectivity index (χ3v) is 7.20. The lowest BCUT2D eigenvalue weighted by Gasteiger charge is -2.18. The highest BCUT2D eigenvalue weighted by Gasteiger charge is 2.61. The van der Waals surface area contributed by atoms with Crippen LogP contribution in [0.3, 0.4) is 0 Å². The third kappa shape index (κ3) is 2.63. The van der Waals surface area contributed by atoms with Gasteiger partial charge < -0.3 is 5.32 Å². The summed E-state index contributed by atoms with van der Waals surface area (Å²) in [4.78, 5) is 13.0. The van der Waals surface area contributed by atoms with E-state index in [0.29, 0.717) is 18.5 Å². The average molecular weight is 343 g/mol. The van der Waals surface area contributed by atoms with Crippen molar-refractivity contribution in [2.45, 2.75) is 43.3 Å². The second-order valence-electron chi connectivity index (χ2n) is 6.53. The molecule has 3 rings (SSSR count). The van der Waals surface area contributed by atoms with Gasteiger partial charge in [0.2, 0.25) is 5.91 Å². The molecule has 0 aliphatic heterocycles. The van der Waals surface area contributed by atoms with Crippen molar-refractivity contribution in [3.63, 3.8) is 0 Å². The Kier molecular flexibility index (Phi) is 4.00. The molecule has 0 spiro atoms. The van der Waals surface area contributed by atoms with Gasteiger partial charge in [-0.25, -0.2) is 8.42 Å². The molecule has 0 saturated heterocycles. The van der Waals surface area contributed by atoms with Gasteiger partial charge in [-0.3, -0.25) is 4.79 Å². The van der Waals surface area contributed by atoms with Gasteiger partial charge in [0, 0.05) is 5.69 Å². The number of hydrogen-bond acceptors (Lipinski definition) is 3. The molecule has 4 nitrogen and oxygen atoms in total. The van der Waals surface area contributed by atoms with Crippen LogP contribution in [0.25, 0.3) is 0 Å². The minimum absolute atomic E-state index is 0.210. The summed E-state index contributed by atoms with van der Waals surface area (Å²) in [5, 5.41) is 2.85. The first kappa shape index (κ1) is 16.7. The number of sulfone groups is 1. The maximum atomic E-state index is 13.0. The van der Waals surface area contributed by atoms with Gasteiger partial charge in [0.15, 0.2) is 14.6 Å². The number of anilines is 1. The fraction of sp³-hybridized carbons (Fsp3) is 0.316. The first-order valence-electron chi connectivity index (χ1n) is 7.97. The number of para-hydroxylation sites is 1. The van der Waals surface area contributed by atoms with Crippen LogP contribution >= 0.6 is 0 Å². The van der Waals surface area contributed by atoms with E-state index in [1.54, 1.807) is 24.3 Å². The Morgan fingerprint density at radius 1 is 0.958 bits per heavy atom. The maximum Gasteiger partial charge on any atom is 0.246 e. The van der Waals surface area contributed by atoms with Crippen molar-refractivity contribution >= 4 is 21.4 Å². The molecule has 1 N–H and O–H groups in total. The van der Waals surface area contributed by atoms with Gasteiger partial charge in [-0.1, -0.05) is 35.9 Å². The Balaban J connectivity index is 1.93. The van der Waals surface area contributed by atoms with Crippen LogP contribution in [-0.4, -0.2) is 19.1 Å². The molecular formula is C19H21NO3S. The van der Waals surface area contributed by atoms with Crippen LogP contribution in [0.15, 0.2) is 47.4 Å². The summed E-state index contributed by atoms with van der Waals surface area (Å²) in [6.07, 6.45) is 0.722. The molecule has 0 bridgehead atoms. The summed E-state index contributed by atoms with van der Waals surface area (Å²) >= 11 is 0. The number of rotatable bonds is 4. The molecule has 5 heteroatoms. The number of benzene rings is 2. The Bertz CT molecular complexity index is 874. The molecule has 0 unspecified atom stereocenters. The topological polar surface area (TPSA) is 63.2 Å². The molecule has 0 heterocycles. The molecule has 1 saturated carbocycles. The normalized spacial score (nSPS) is 15.8. The van der Waals surface area contributed by atoms with Crippen molar-refractivity contribution in [1.82, 2.24) is 0 Å². The van der Waals surface area contributed by atoms with E-state index in [1.165, 1.54) is 0 Å². The molecule has 2 aromatic rings. The smallest absolute Gasteiger partial charge is 0.246 e. The second kappa shape index (κ2) is 5.74. The van der Waals surface area contributed by atoms with E-state index in [0.717, 1.165) is 16.7 Å². The lowest BCUT2D eigenvalue weighted by Crippen LogP contribution is -2.37. The molecule has 24 heavy (non-hydrogen) atoms. The van der Waals surface area contributed by atoms with E-state index in [-0.39, 0.29) is 4.90 Å². The second-order valence-corrected chi connectivity index (χ2v) is 8.79. The van der Waals surface area contributed by atoms with Crippen LogP contribution in [0, 0.1) is 20.8 Å². The van der Waals surface area contributed by atoms with Crippen LogP contribution in [0.1, 0.15) is 29.5 Å². The molecule has 1 aliphatic carbocycles. The van der Waals surface area contributed by atoms with E-state index < -0.39 is 20.5 Å². The van der Waals surface area contributed by atoms with Gasteiger partial charge in [-0.05, 0) is 56.9 Å². The molecule has 1 amide bonds. The summed E-state index contributed by atoms with van der Waals surface area (Å²) in [7, 11) is -3.70. The highest BCUT2D eigenvalue weighted by Crippen LogP contribution is 2.47. The predicted octanol–water partition coefficient (Wildman–Crippen LogP) is 3.56. The number of carbonyl (C=O) groups excluding carboxylic acids is 1. The van der Waals surface area contributed by atoms with E-state index in [4.69, 9.17) is 0 Å². The zero-order valence-corrected chi connectivity index (χ0v) is 14.9. The minimum atomic E-state index is -3.70. The zero-order valence-electron chi connectivity index (χ0n) is 14.1. The van der Waals surface area contributed by atoms with Crippen LogP contribution in [-0.2, 0) is 14.6 Å². The SMILES string of the molecule is Cc1ccc(S(=O)(=O)C2(C(=O)Nc3c(C)cccc3C)CC2)cc1. The summed E-state index contributed by atoms with van der Waals surface area (Å²) in [5.74, 6) is -0.430. The van der Waals surface area contributed by atoms with Crippen molar-refractivity contribution in [3.05, 3.63) is 59.2 Å².